The number of alkyl halides is 1. The van der Waals surface area contributed by atoms with E-state index >= 15 is 0 Å². The van der Waals surface area contributed by atoms with Crippen LogP contribution in [-0.2, 0) is 6.54 Å². The summed E-state index contributed by atoms with van der Waals surface area (Å²) >= 11 is 0. The van der Waals surface area contributed by atoms with Gasteiger partial charge < -0.3 is 0 Å². The minimum atomic E-state index is -0.266. The Labute approximate surface area is 66.0 Å². The molecule has 0 saturated heterocycles. The van der Waals surface area contributed by atoms with Crippen molar-refractivity contribution in [3.05, 3.63) is 17.5 Å². The third-order valence-corrected chi connectivity index (χ3v) is 1.61. The summed E-state index contributed by atoms with van der Waals surface area (Å²) in [4.78, 5) is 0. The highest BCUT2D eigenvalue weighted by atomic mass is 19.1. The molecule has 2 nitrogen and oxygen atoms in total. The van der Waals surface area contributed by atoms with Gasteiger partial charge in [0.2, 0.25) is 0 Å². The zero-order valence-electron chi connectivity index (χ0n) is 6.97. The molecule has 0 radical (unpaired) electrons. The average molecular weight is 156 g/mol. The highest BCUT2D eigenvalue weighted by Gasteiger charge is 1.98. The normalized spacial score (nSPS) is 10.5. The van der Waals surface area contributed by atoms with E-state index in [1.54, 1.807) is 0 Å². The van der Waals surface area contributed by atoms with Crippen LogP contribution in [0.3, 0.4) is 0 Å². The lowest BCUT2D eigenvalue weighted by Crippen LogP contribution is -2.02. The number of aryl methyl sites for hydroxylation is 3. The van der Waals surface area contributed by atoms with E-state index < -0.39 is 0 Å². The zero-order chi connectivity index (χ0) is 8.27. The first-order valence-corrected chi connectivity index (χ1v) is 3.81. The molecule has 1 aromatic rings. The van der Waals surface area contributed by atoms with Crippen LogP contribution in [0.5, 0.6) is 0 Å². The molecule has 1 rings (SSSR count). The fourth-order valence-electron chi connectivity index (χ4n) is 1.11. The monoisotopic (exact) mass is 156 g/mol. The van der Waals surface area contributed by atoms with Crippen molar-refractivity contribution in [3.8, 4) is 0 Å². The lowest BCUT2D eigenvalue weighted by molar-refractivity contribution is 0.431. The summed E-state index contributed by atoms with van der Waals surface area (Å²) in [5.41, 5.74) is 2.11. The fraction of sp³-hybridized carbons (Fsp3) is 0.625. The van der Waals surface area contributed by atoms with E-state index in [9.17, 15) is 4.39 Å². The molecule has 0 amide bonds. The standard InChI is InChI=1S/C8H13FN2/c1-7-6-8(2)11(10-7)5-3-4-9/h6H,3-5H2,1-2H3. The van der Waals surface area contributed by atoms with E-state index in [2.05, 4.69) is 5.10 Å². The highest BCUT2D eigenvalue weighted by Crippen LogP contribution is 2.02. The second-order valence-electron chi connectivity index (χ2n) is 2.69. The summed E-state index contributed by atoms with van der Waals surface area (Å²) in [5.74, 6) is 0. The van der Waals surface area contributed by atoms with Crippen molar-refractivity contribution in [2.24, 2.45) is 0 Å². The molecule has 1 heterocycles. The van der Waals surface area contributed by atoms with Crippen molar-refractivity contribution >= 4 is 0 Å². The van der Waals surface area contributed by atoms with Crippen LogP contribution in [-0.4, -0.2) is 16.5 Å². The van der Waals surface area contributed by atoms with Crippen molar-refractivity contribution in [1.29, 1.82) is 0 Å². The molecule has 3 heteroatoms. The number of rotatable bonds is 3. The van der Waals surface area contributed by atoms with Crippen molar-refractivity contribution in [2.45, 2.75) is 26.8 Å². The molecule has 0 unspecified atom stereocenters. The molecule has 0 fully saturated rings. The SMILES string of the molecule is Cc1cc(C)n(CCCF)n1. The first-order valence-electron chi connectivity index (χ1n) is 3.81. The summed E-state index contributed by atoms with van der Waals surface area (Å²) in [7, 11) is 0. The number of nitrogens with zero attached hydrogens (tertiary/aromatic N) is 2. The van der Waals surface area contributed by atoms with Crippen LogP contribution in [0.4, 0.5) is 4.39 Å². The zero-order valence-corrected chi connectivity index (χ0v) is 6.97. The van der Waals surface area contributed by atoms with Crippen molar-refractivity contribution < 1.29 is 4.39 Å². The Morgan fingerprint density at radius 3 is 2.73 bits per heavy atom. The lowest BCUT2D eigenvalue weighted by atomic mass is 10.4. The van der Waals surface area contributed by atoms with Gasteiger partial charge in [0.1, 0.15) is 0 Å². The molecular weight excluding hydrogens is 143 g/mol. The van der Waals surface area contributed by atoms with Gasteiger partial charge in [-0.25, -0.2) is 0 Å². The summed E-state index contributed by atoms with van der Waals surface area (Å²) in [6.07, 6.45) is 0.558. The maximum Gasteiger partial charge on any atom is 0.0912 e. The average Bonchev–Trinajstić information content (AvgIpc) is 2.26. The first-order chi connectivity index (χ1) is 5.24. The number of hydrogen-bond acceptors (Lipinski definition) is 1. The van der Waals surface area contributed by atoms with E-state index in [0.717, 1.165) is 11.4 Å². The first kappa shape index (κ1) is 8.24. The third kappa shape index (κ3) is 2.03. The molecular formula is C8H13FN2. The van der Waals surface area contributed by atoms with Gasteiger partial charge in [-0.3, -0.25) is 9.07 Å². The van der Waals surface area contributed by atoms with Gasteiger partial charge in [-0.1, -0.05) is 0 Å². The van der Waals surface area contributed by atoms with Crippen LogP contribution in [0.15, 0.2) is 6.07 Å². The predicted molar refractivity (Wildman–Crippen MR) is 42.3 cm³/mol. The van der Waals surface area contributed by atoms with Crippen molar-refractivity contribution in [1.82, 2.24) is 9.78 Å². The molecule has 62 valence electrons. The van der Waals surface area contributed by atoms with Gasteiger partial charge in [0.25, 0.3) is 0 Å². The molecule has 11 heavy (non-hydrogen) atoms. The second-order valence-corrected chi connectivity index (χ2v) is 2.69. The van der Waals surface area contributed by atoms with E-state index in [4.69, 9.17) is 0 Å². The maximum atomic E-state index is 11.8. The number of hydrogen-bond donors (Lipinski definition) is 0. The molecule has 0 atom stereocenters. The van der Waals surface area contributed by atoms with Crippen LogP contribution in [0, 0.1) is 13.8 Å². The summed E-state index contributed by atoms with van der Waals surface area (Å²) in [5, 5.41) is 4.20. The molecule has 0 N–H and O–H groups in total. The quantitative estimate of drug-likeness (QED) is 0.653. The molecule has 0 aromatic carbocycles. The van der Waals surface area contributed by atoms with Crippen LogP contribution in [0.2, 0.25) is 0 Å². The topological polar surface area (TPSA) is 17.8 Å². The van der Waals surface area contributed by atoms with Gasteiger partial charge in [-0.05, 0) is 26.3 Å². The summed E-state index contributed by atoms with van der Waals surface area (Å²) < 4.78 is 13.6. The second kappa shape index (κ2) is 3.51. The van der Waals surface area contributed by atoms with Crippen LogP contribution in [0.1, 0.15) is 17.8 Å². The van der Waals surface area contributed by atoms with Crippen LogP contribution < -0.4 is 0 Å². The minimum Gasteiger partial charge on any atom is -0.270 e. The van der Waals surface area contributed by atoms with Gasteiger partial charge in [-0.15, -0.1) is 0 Å². The minimum absolute atomic E-state index is 0.266. The Morgan fingerprint density at radius 1 is 1.55 bits per heavy atom. The molecule has 0 bridgehead atoms. The Hall–Kier alpha value is -0.860. The number of halogens is 1. The van der Waals surface area contributed by atoms with Gasteiger partial charge in [0.05, 0.1) is 12.4 Å². The van der Waals surface area contributed by atoms with E-state index in [1.807, 2.05) is 24.6 Å². The van der Waals surface area contributed by atoms with Crippen molar-refractivity contribution in [2.75, 3.05) is 6.67 Å². The smallest absolute Gasteiger partial charge is 0.0912 e. The van der Waals surface area contributed by atoms with Gasteiger partial charge >= 0.3 is 0 Å². The highest BCUT2D eigenvalue weighted by molar-refractivity contribution is 5.06. The Balaban J connectivity index is 2.62. The van der Waals surface area contributed by atoms with Crippen molar-refractivity contribution in [3.63, 3.8) is 0 Å². The van der Waals surface area contributed by atoms with Crippen LogP contribution >= 0.6 is 0 Å². The van der Waals surface area contributed by atoms with E-state index in [-0.39, 0.29) is 6.67 Å². The van der Waals surface area contributed by atoms with E-state index in [1.165, 1.54) is 0 Å². The third-order valence-electron chi connectivity index (χ3n) is 1.61. The summed E-state index contributed by atoms with van der Waals surface area (Å²) in [6, 6.07) is 2.00. The van der Waals surface area contributed by atoms with Gasteiger partial charge in [0, 0.05) is 12.2 Å². The predicted octanol–water partition coefficient (Wildman–Crippen LogP) is 1.86. The molecule has 0 aliphatic rings. The molecule has 0 spiro atoms. The Kier molecular flexibility index (Phi) is 2.63. The van der Waals surface area contributed by atoms with E-state index in [0.29, 0.717) is 13.0 Å². The fourth-order valence-corrected chi connectivity index (χ4v) is 1.11. The maximum absolute atomic E-state index is 11.8. The molecule has 0 aliphatic carbocycles. The molecule has 1 aromatic heterocycles. The van der Waals surface area contributed by atoms with Gasteiger partial charge in [0.15, 0.2) is 0 Å². The lowest BCUT2D eigenvalue weighted by Gasteiger charge is -2.00. The van der Waals surface area contributed by atoms with Gasteiger partial charge in [-0.2, -0.15) is 5.10 Å². The largest absolute Gasteiger partial charge is 0.270 e. The van der Waals surface area contributed by atoms with Crippen LogP contribution in [0.25, 0.3) is 0 Å². The Morgan fingerprint density at radius 2 is 2.27 bits per heavy atom. The molecule has 0 aliphatic heterocycles. The number of aromatic nitrogens is 2. The summed E-state index contributed by atoms with van der Waals surface area (Å²) in [6.45, 7) is 4.35. The Bertz CT molecular complexity index is 230. The molecule has 0 saturated carbocycles.